The van der Waals surface area contributed by atoms with Gasteiger partial charge in [0, 0.05) is 6.04 Å². The van der Waals surface area contributed by atoms with Crippen LogP contribution in [0, 0.1) is 11.7 Å². The van der Waals surface area contributed by atoms with E-state index in [0.29, 0.717) is 5.92 Å². The van der Waals surface area contributed by atoms with E-state index in [0.717, 1.165) is 18.4 Å². The molecule has 0 saturated heterocycles. The molecule has 2 rings (SSSR count). The van der Waals surface area contributed by atoms with Crippen molar-refractivity contribution in [3.8, 4) is 0 Å². The summed E-state index contributed by atoms with van der Waals surface area (Å²) >= 11 is 0. The first-order chi connectivity index (χ1) is 6.77. The molecular weight excluding hydrogens is 177 g/mol. The zero-order chi connectivity index (χ0) is 9.97. The molecule has 0 amide bonds. The van der Waals surface area contributed by atoms with Crippen molar-refractivity contribution in [2.45, 2.75) is 31.7 Å². The summed E-state index contributed by atoms with van der Waals surface area (Å²) in [6.45, 7) is 0. The summed E-state index contributed by atoms with van der Waals surface area (Å²) in [7, 11) is 0. The first kappa shape index (κ1) is 9.66. The predicted molar refractivity (Wildman–Crippen MR) is 55.4 cm³/mol. The average Bonchev–Trinajstić information content (AvgIpc) is 2.99. The lowest BCUT2D eigenvalue weighted by atomic mass is 10.0. The van der Waals surface area contributed by atoms with Crippen molar-refractivity contribution in [2.24, 2.45) is 11.7 Å². The Labute approximate surface area is 84.1 Å². The van der Waals surface area contributed by atoms with Crippen LogP contribution in [0.2, 0.25) is 0 Å². The Kier molecular flexibility index (Phi) is 2.82. The Morgan fingerprint density at radius 2 is 2.07 bits per heavy atom. The van der Waals surface area contributed by atoms with Crippen LogP contribution < -0.4 is 5.73 Å². The van der Waals surface area contributed by atoms with Gasteiger partial charge in [-0.25, -0.2) is 4.39 Å². The van der Waals surface area contributed by atoms with Gasteiger partial charge in [0.25, 0.3) is 0 Å². The molecule has 1 saturated carbocycles. The molecule has 2 N–H and O–H groups in total. The predicted octanol–water partition coefficient (Wildman–Crippen LogP) is 2.50. The van der Waals surface area contributed by atoms with E-state index in [-0.39, 0.29) is 11.9 Å². The second kappa shape index (κ2) is 4.09. The smallest absolute Gasteiger partial charge is 0.126 e. The summed E-state index contributed by atoms with van der Waals surface area (Å²) in [4.78, 5) is 0. The Bertz CT molecular complexity index is 307. The van der Waals surface area contributed by atoms with Gasteiger partial charge in [-0.15, -0.1) is 0 Å². The third kappa shape index (κ3) is 2.32. The van der Waals surface area contributed by atoms with Crippen molar-refractivity contribution in [3.05, 3.63) is 35.6 Å². The van der Waals surface area contributed by atoms with E-state index in [2.05, 4.69) is 0 Å². The number of benzene rings is 1. The van der Waals surface area contributed by atoms with Gasteiger partial charge >= 0.3 is 0 Å². The molecular formula is C12H16FN. The minimum Gasteiger partial charge on any atom is -0.327 e. The minimum atomic E-state index is -0.101. The Morgan fingerprint density at radius 3 is 2.71 bits per heavy atom. The summed E-state index contributed by atoms with van der Waals surface area (Å²) in [6.07, 6.45) is 4.20. The molecule has 2 heteroatoms. The lowest BCUT2D eigenvalue weighted by molar-refractivity contribution is 0.535. The number of nitrogens with two attached hydrogens (primary N) is 1. The van der Waals surface area contributed by atoms with E-state index < -0.39 is 0 Å². The van der Waals surface area contributed by atoms with E-state index in [1.165, 1.54) is 18.9 Å². The topological polar surface area (TPSA) is 26.0 Å². The molecule has 0 heterocycles. The highest BCUT2D eigenvalue weighted by atomic mass is 19.1. The van der Waals surface area contributed by atoms with E-state index >= 15 is 0 Å². The van der Waals surface area contributed by atoms with Gasteiger partial charge in [0.1, 0.15) is 5.82 Å². The van der Waals surface area contributed by atoms with Gasteiger partial charge < -0.3 is 5.73 Å². The molecule has 1 atom stereocenters. The van der Waals surface area contributed by atoms with E-state index in [9.17, 15) is 4.39 Å². The molecule has 1 aliphatic rings. The van der Waals surface area contributed by atoms with Gasteiger partial charge in [0.15, 0.2) is 0 Å². The molecule has 0 radical (unpaired) electrons. The van der Waals surface area contributed by atoms with Gasteiger partial charge in [0.2, 0.25) is 0 Å². The summed E-state index contributed by atoms with van der Waals surface area (Å²) < 4.78 is 13.2. The summed E-state index contributed by atoms with van der Waals surface area (Å²) in [5.74, 6) is 0.609. The van der Waals surface area contributed by atoms with Crippen LogP contribution in [0.3, 0.4) is 0 Å². The zero-order valence-electron chi connectivity index (χ0n) is 8.25. The van der Waals surface area contributed by atoms with E-state index in [1.807, 2.05) is 12.1 Å². The van der Waals surface area contributed by atoms with Gasteiger partial charge in [-0.05, 0) is 43.2 Å². The lowest BCUT2D eigenvalue weighted by Crippen LogP contribution is -2.23. The second-order valence-corrected chi connectivity index (χ2v) is 4.13. The third-order valence-corrected chi connectivity index (χ3v) is 2.93. The van der Waals surface area contributed by atoms with Crippen LogP contribution in [0.15, 0.2) is 24.3 Å². The number of hydrogen-bond donors (Lipinski definition) is 1. The fraction of sp³-hybridized carbons (Fsp3) is 0.500. The van der Waals surface area contributed by atoms with Crippen molar-refractivity contribution >= 4 is 0 Å². The fourth-order valence-electron chi connectivity index (χ4n) is 1.78. The fourth-order valence-corrected chi connectivity index (χ4v) is 1.78. The monoisotopic (exact) mass is 193 g/mol. The SMILES string of the molecule is NC(CCc1ccccc1F)C1CC1. The number of halogens is 1. The van der Waals surface area contributed by atoms with Crippen LogP contribution in [0.1, 0.15) is 24.8 Å². The Hall–Kier alpha value is -0.890. The van der Waals surface area contributed by atoms with Gasteiger partial charge in [-0.2, -0.15) is 0 Å². The Balaban J connectivity index is 1.87. The van der Waals surface area contributed by atoms with Gasteiger partial charge in [0.05, 0.1) is 0 Å². The summed E-state index contributed by atoms with van der Waals surface area (Å²) in [5.41, 5.74) is 6.75. The van der Waals surface area contributed by atoms with Gasteiger partial charge in [-0.3, -0.25) is 0 Å². The maximum atomic E-state index is 13.2. The number of rotatable bonds is 4. The van der Waals surface area contributed by atoms with Crippen molar-refractivity contribution in [3.63, 3.8) is 0 Å². The normalized spacial score (nSPS) is 18.1. The van der Waals surface area contributed by atoms with Crippen LogP contribution in [-0.2, 0) is 6.42 Å². The van der Waals surface area contributed by atoms with Crippen LogP contribution in [0.25, 0.3) is 0 Å². The number of aryl methyl sites for hydroxylation is 1. The van der Waals surface area contributed by atoms with Crippen LogP contribution in [0.5, 0.6) is 0 Å². The van der Waals surface area contributed by atoms with Crippen molar-refractivity contribution in [1.29, 1.82) is 0 Å². The van der Waals surface area contributed by atoms with Crippen LogP contribution in [0.4, 0.5) is 4.39 Å². The molecule has 1 aromatic rings. The highest BCUT2D eigenvalue weighted by Crippen LogP contribution is 2.33. The zero-order valence-corrected chi connectivity index (χ0v) is 8.25. The maximum absolute atomic E-state index is 13.2. The first-order valence-corrected chi connectivity index (χ1v) is 5.26. The standard InChI is InChI=1S/C12H16FN/c13-11-4-2-1-3-9(11)7-8-12(14)10-5-6-10/h1-4,10,12H,5-8,14H2. The van der Waals surface area contributed by atoms with E-state index in [1.54, 1.807) is 6.07 Å². The summed E-state index contributed by atoms with van der Waals surface area (Å²) in [6, 6.07) is 7.22. The molecule has 0 spiro atoms. The molecule has 1 aromatic carbocycles. The molecule has 76 valence electrons. The molecule has 1 unspecified atom stereocenters. The quantitative estimate of drug-likeness (QED) is 0.781. The van der Waals surface area contributed by atoms with E-state index in [4.69, 9.17) is 5.73 Å². The number of hydrogen-bond acceptors (Lipinski definition) is 1. The highest BCUT2D eigenvalue weighted by Gasteiger charge is 2.27. The Morgan fingerprint density at radius 1 is 1.36 bits per heavy atom. The maximum Gasteiger partial charge on any atom is 0.126 e. The van der Waals surface area contributed by atoms with Crippen molar-refractivity contribution < 1.29 is 4.39 Å². The molecule has 0 aromatic heterocycles. The second-order valence-electron chi connectivity index (χ2n) is 4.13. The molecule has 0 bridgehead atoms. The average molecular weight is 193 g/mol. The van der Waals surface area contributed by atoms with Crippen LogP contribution in [-0.4, -0.2) is 6.04 Å². The lowest BCUT2D eigenvalue weighted by Gasteiger charge is -2.09. The highest BCUT2D eigenvalue weighted by molar-refractivity contribution is 5.17. The van der Waals surface area contributed by atoms with Crippen LogP contribution >= 0.6 is 0 Å². The molecule has 14 heavy (non-hydrogen) atoms. The van der Waals surface area contributed by atoms with Gasteiger partial charge in [-0.1, -0.05) is 18.2 Å². The third-order valence-electron chi connectivity index (χ3n) is 2.93. The first-order valence-electron chi connectivity index (χ1n) is 5.26. The largest absolute Gasteiger partial charge is 0.327 e. The molecule has 1 aliphatic carbocycles. The summed E-state index contributed by atoms with van der Waals surface area (Å²) in [5, 5.41) is 0. The molecule has 0 aliphatic heterocycles. The molecule has 1 fully saturated rings. The minimum absolute atomic E-state index is 0.101. The molecule has 1 nitrogen and oxygen atoms in total. The van der Waals surface area contributed by atoms with Crippen molar-refractivity contribution in [1.82, 2.24) is 0 Å². The van der Waals surface area contributed by atoms with Crippen molar-refractivity contribution in [2.75, 3.05) is 0 Å².